The summed E-state index contributed by atoms with van der Waals surface area (Å²) >= 11 is 0. The second kappa shape index (κ2) is 6.68. The Morgan fingerprint density at radius 1 is 0.864 bits per heavy atom. The van der Waals surface area contributed by atoms with E-state index in [0.29, 0.717) is 12.1 Å². The first-order valence-corrected chi connectivity index (χ1v) is 7.16. The monoisotopic (exact) mass is 288 g/mol. The average Bonchev–Trinajstić information content (AvgIpc) is 2.61. The Balaban J connectivity index is 1.66. The summed E-state index contributed by atoms with van der Waals surface area (Å²) < 4.78 is 0. The van der Waals surface area contributed by atoms with Crippen LogP contribution in [0.1, 0.15) is 15.9 Å². The van der Waals surface area contributed by atoms with E-state index >= 15 is 0 Å². The molecule has 1 N–H and O–H groups in total. The van der Waals surface area contributed by atoms with Crippen LogP contribution >= 0.6 is 0 Å². The van der Waals surface area contributed by atoms with Crippen molar-refractivity contribution in [2.24, 2.45) is 0 Å². The third kappa shape index (κ3) is 3.38. The van der Waals surface area contributed by atoms with Gasteiger partial charge in [0.2, 0.25) is 0 Å². The minimum atomic E-state index is -0.0728. The molecule has 0 bridgehead atoms. The number of benzene rings is 2. The number of rotatable bonds is 4. The van der Waals surface area contributed by atoms with Gasteiger partial charge in [-0.15, -0.1) is 0 Å². The van der Waals surface area contributed by atoms with Crippen LogP contribution in [0.3, 0.4) is 0 Å². The topological polar surface area (TPSA) is 42.0 Å². The highest BCUT2D eigenvalue weighted by Gasteiger charge is 2.06. The number of nitrogens with one attached hydrogen (secondary N) is 1. The molecule has 0 unspecified atom stereocenters. The van der Waals surface area contributed by atoms with Crippen molar-refractivity contribution in [3.05, 3.63) is 90.1 Å². The summed E-state index contributed by atoms with van der Waals surface area (Å²) in [6.07, 6.45) is 1.76. The summed E-state index contributed by atoms with van der Waals surface area (Å²) in [6, 6.07) is 23.1. The second-order valence-electron chi connectivity index (χ2n) is 4.96. The molecule has 0 atom stereocenters. The first-order chi connectivity index (χ1) is 10.8. The normalized spacial score (nSPS) is 10.2. The molecule has 3 rings (SSSR count). The predicted molar refractivity (Wildman–Crippen MR) is 87.3 cm³/mol. The quantitative estimate of drug-likeness (QED) is 0.795. The summed E-state index contributed by atoms with van der Waals surface area (Å²) in [5.41, 5.74) is 3.63. The van der Waals surface area contributed by atoms with Crippen molar-refractivity contribution in [1.29, 1.82) is 0 Å². The molecule has 22 heavy (non-hydrogen) atoms. The van der Waals surface area contributed by atoms with Gasteiger partial charge >= 0.3 is 0 Å². The molecular weight excluding hydrogens is 272 g/mol. The van der Waals surface area contributed by atoms with Crippen LogP contribution in [0.4, 0.5) is 0 Å². The second-order valence-corrected chi connectivity index (χ2v) is 4.96. The van der Waals surface area contributed by atoms with E-state index in [0.717, 1.165) is 16.8 Å². The van der Waals surface area contributed by atoms with Gasteiger partial charge in [-0.05, 0) is 29.8 Å². The minimum Gasteiger partial charge on any atom is -0.348 e. The molecule has 3 nitrogen and oxygen atoms in total. The molecule has 0 fully saturated rings. The fourth-order valence-corrected chi connectivity index (χ4v) is 2.21. The lowest BCUT2D eigenvalue weighted by Gasteiger charge is -2.06. The lowest BCUT2D eigenvalue weighted by Crippen LogP contribution is -2.22. The number of pyridine rings is 1. The van der Waals surface area contributed by atoms with E-state index in [1.54, 1.807) is 6.20 Å². The van der Waals surface area contributed by atoms with Crippen LogP contribution in [0.25, 0.3) is 11.3 Å². The van der Waals surface area contributed by atoms with E-state index in [9.17, 15) is 4.79 Å². The van der Waals surface area contributed by atoms with Crippen molar-refractivity contribution in [3.8, 4) is 11.3 Å². The maximum atomic E-state index is 12.1. The summed E-state index contributed by atoms with van der Waals surface area (Å²) in [5.74, 6) is -0.0728. The van der Waals surface area contributed by atoms with E-state index in [2.05, 4.69) is 10.3 Å². The highest BCUT2D eigenvalue weighted by atomic mass is 16.1. The molecule has 1 aromatic heterocycles. The minimum absolute atomic E-state index is 0.0728. The van der Waals surface area contributed by atoms with Gasteiger partial charge < -0.3 is 5.32 Å². The number of carbonyl (C=O) groups excluding carboxylic acids is 1. The molecule has 2 aromatic carbocycles. The Kier molecular flexibility index (Phi) is 4.25. The molecule has 0 aliphatic carbocycles. The number of carbonyl (C=O) groups is 1. The fraction of sp³-hybridized carbons (Fsp3) is 0.0526. The molecule has 0 saturated carbocycles. The Labute approximate surface area is 129 Å². The zero-order valence-corrected chi connectivity index (χ0v) is 12.1. The van der Waals surface area contributed by atoms with Gasteiger partial charge in [0.25, 0.3) is 5.91 Å². The number of hydrogen-bond acceptors (Lipinski definition) is 2. The first-order valence-electron chi connectivity index (χ1n) is 7.16. The largest absolute Gasteiger partial charge is 0.348 e. The molecule has 1 amide bonds. The maximum absolute atomic E-state index is 12.1. The van der Waals surface area contributed by atoms with E-state index in [4.69, 9.17) is 0 Å². The van der Waals surface area contributed by atoms with Crippen LogP contribution in [-0.2, 0) is 6.54 Å². The standard InChI is InChI=1S/C19H16N2O/c22-19(21-14-15-6-2-1-3-7-15)17-11-9-16(10-12-17)18-8-4-5-13-20-18/h1-13H,14H2,(H,21,22). The van der Waals surface area contributed by atoms with Crippen molar-refractivity contribution >= 4 is 5.91 Å². The van der Waals surface area contributed by atoms with Gasteiger partial charge in [-0.1, -0.05) is 48.5 Å². The summed E-state index contributed by atoms with van der Waals surface area (Å²) in [4.78, 5) is 16.4. The SMILES string of the molecule is O=C(NCc1ccccc1)c1ccc(-c2ccccn2)cc1. The summed E-state index contributed by atoms with van der Waals surface area (Å²) in [7, 11) is 0. The Morgan fingerprint density at radius 3 is 2.27 bits per heavy atom. The lowest BCUT2D eigenvalue weighted by atomic mass is 10.1. The molecule has 3 aromatic rings. The van der Waals surface area contributed by atoms with Crippen LogP contribution in [0.15, 0.2) is 79.0 Å². The molecule has 0 radical (unpaired) electrons. The summed E-state index contributed by atoms with van der Waals surface area (Å²) in [5, 5.41) is 2.92. The predicted octanol–water partition coefficient (Wildman–Crippen LogP) is 3.68. The van der Waals surface area contributed by atoms with Gasteiger partial charge in [0.05, 0.1) is 5.69 Å². The van der Waals surface area contributed by atoms with Gasteiger partial charge in [-0.25, -0.2) is 0 Å². The van der Waals surface area contributed by atoms with E-state index in [1.807, 2.05) is 72.8 Å². The molecule has 0 saturated heterocycles. The smallest absolute Gasteiger partial charge is 0.251 e. The van der Waals surface area contributed by atoms with Crippen molar-refractivity contribution in [3.63, 3.8) is 0 Å². The molecule has 3 heteroatoms. The van der Waals surface area contributed by atoms with Gasteiger partial charge in [0.1, 0.15) is 0 Å². The molecule has 0 spiro atoms. The van der Waals surface area contributed by atoms with E-state index < -0.39 is 0 Å². The van der Waals surface area contributed by atoms with Crippen LogP contribution in [0.5, 0.6) is 0 Å². The van der Waals surface area contributed by atoms with Crippen molar-refractivity contribution < 1.29 is 4.79 Å². The average molecular weight is 288 g/mol. The van der Waals surface area contributed by atoms with Crippen LogP contribution in [0.2, 0.25) is 0 Å². The van der Waals surface area contributed by atoms with Crippen molar-refractivity contribution in [2.75, 3.05) is 0 Å². The zero-order valence-electron chi connectivity index (χ0n) is 12.1. The molecule has 108 valence electrons. The molecule has 0 aliphatic rings. The number of nitrogens with zero attached hydrogens (tertiary/aromatic N) is 1. The third-order valence-electron chi connectivity index (χ3n) is 3.40. The van der Waals surface area contributed by atoms with Crippen molar-refractivity contribution in [2.45, 2.75) is 6.54 Å². The lowest BCUT2D eigenvalue weighted by molar-refractivity contribution is 0.0951. The van der Waals surface area contributed by atoms with E-state index in [1.165, 1.54) is 0 Å². The third-order valence-corrected chi connectivity index (χ3v) is 3.40. The van der Waals surface area contributed by atoms with Gasteiger partial charge in [-0.2, -0.15) is 0 Å². The van der Waals surface area contributed by atoms with E-state index in [-0.39, 0.29) is 5.91 Å². The maximum Gasteiger partial charge on any atom is 0.251 e. The van der Waals surface area contributed by atoms with Gasteiger partial charge in [-0.3, -0.25) is 9.78 Å². The molecular formula is C19H16N2O. The molecule has 1 heterocycles. The van der Waals surface area contributed by atoms with Gasteiger partial charge in [0.15, 0.2) is 0 Å². The Bertz CT molecular complexity index is 737. The Morgan fingerprint density at radius 2 is 1.59 bits per heavy atom. The number of aromatic nitrogens is 1. The van der Waals surface area contributed by atoms with Crippen LogP contribution in [-0.4, -0.2) is 10.9 Å². The van der Waals surface area contributed by atoms with Crippen LogP contribution in [0, 0.1) is 0 Å². The summed E-state index contributed by atoms with van der Waals surface area (Å²) in [6.45, 7) is 0.529. The first kappa shape index (κ1) is 14.0. The van der Waals surface area contributed by atoms with Gasteiger partial charge in [0, 0.05) is 23.9 Å². The zero-order chi connectivity index (χ0) is 15.2. The Hall–Kier alpha value is -2.94. The van der Waals surface area contributed by atoms with Crippen LogP contribution < -0.4 is 5.32 Å². The highest BCUT2D eigenvalue weighted by molar-refractivity contribution is 5.94. The van der Waals surface area contributed by atoms with Crippen molar-refractivity contribution in [1.82, 2.24) is 10.3 Å². The number of hydrogen-bond donors (Lipinski definition) is 1. The number of amides is 1. The molecule has 0 aliphatic heterocycles. The fourth-order valence-electron chi connectivity index (χ4n) is 2.21. The highest BCUT2D eigenvalue weighted by Crippen LogP contribution is 2.16.